The second-order valence-electron chi connectivity index (χ2n) is 6.72. The van der Waals surface area contributed by atoms with Gasteiger partial charge in [-0.05, 0) is 43.8 Å². The fraction of sp³-hybridized carbons (Fsp3) is 0.190. The van der Waals surface area contributed by atoms with Crippen LogP contribution in [0.25, 0.3) is 16.0 Å². The van der Waals surface area contributed by atoms with Gasteiger partial charge in [0.1, 0.15) is 4.70 Å². The largest absolute Gasteiger partial charge is 0.289 e. The van der Waals surface area contributed by atoms with E-state index in [9.17, 15) is 4.79 Å². The van der Waals surface area contributed by atoms with Crippen LogP contribution >= 0.6 is 35.3 Å². The van der Waals surface area contributed by atoms with E-state index in [1.54, 1.807) is 23.4 Å². The van der Waals surface area contributed by atoms with Crippen LogP contribution in [0, 0.1) is 17.8 Å². The summed E-state index contributed by atoms with van der Waals surface area (Å²) < 4.78 is 4.73. The van der Waals surface area contributed by atoms with Crippen LogP contribution in [0.5, 0.6) is 0 Å². The first-order chi connectivity index (χ1) is 13.4. The molecule has 28 heavy (non-hydrogen) atoms. The number of aryl methyl sites for hydroxylation is 2. The van der Waals surface area contributed by atoms with Crippen molar-refractivity contribution in [3.8, 4) is 5.69 Å². The SMILES string of the molecule is Cc1ccc(CSc2nc3c(sc(=S)n3-c3ccc(C)cc3)c(=O)n2C)cc1. The number of rotatable bonds is 4. The summed E-state index contributed by atoms with van der Waals surface area (Å²) in [6, 6.07) is 16.5. The zero-order valence-electron chi connectivity index (χ0n) is 15.8. The van der Waals surface area contributed by atoms with Gasteiger partial charge in [0.25, 0.3) is 5.56 Å². The van der Waals surface area contributed by atoms with E-state index in [0.29, 0.717) is 19.5 Å². The van der Waals surface area contributed by atoms with Crippen LogP contribution in [-0.2, 0) is 12.8 Å². The van der Waals surface area contributed by atoms with Crippen molar-refractivity contribution in [3.63, 3.8) is 0 Å². The van der Waals surface area contributed by atoms with Crippen molar-refractivity contribution >= 4 is 45.7 Å². The molecular weight excluding hydrogens is 406 g/mol. The summed E-state index contributed by atoms with van der Waals surface area (Å²) in [4.78, 5) is 17.7. The van der Waals surface area contributed by atoms with E-state index in [1.165, 1.54) is 28.0 Å². The van der Waals surface area contributed by atoms with Crippen molar-refractivity contribution < 1.29 is 0 Å². The van der Waals surface area contributed by atoms with Crippen molar-refractivity contribution in [3.05, 3.63) is 79.5 Å². The Morgan fingerprint density at radius 2 is 1.64 bits per heavy atom. The molecule has 0 spiro atoms. The molecule has 0 saturated carbocycles. The Balaban J connectivity index is 1.79. The molecule has 0 radical (unpaired) electrons. The Morgan fingerprint density at radius 3 is 2.29 bits per heavy atom. The topological polar surface area (TPSA) is 39.8 Å². The van der Waals surface area contributed by atoms with Gasteiger partial charge in [-0.1, -0.05) is 70.6 Å². The zero-order valence-corrected chi connectivity index (χ0v) is 18.3. The van der Waals surface area contributed by atoms with Gasteiger partial charge >= 0.3 is 0 Å². The van der Waals surface area contributed by atoms with Crippen LogP contribution in [0.3, 0.4) is 0 Å². The van der Waals surface area contributed by atoms with Gasteiger partial charge in [-0.2, -0.15) is 0 Å². The maximum absolute atomic E-state index is 12.9. The summed E-state index contributed by atoms with van der Waals surface area (Å²) >= 11 is 8.43. The Bertz CT molecular complexity index is 1270. The molecule has 2 aromatic heterocycles. The molecule has 0 amide bonds. The number of aromatic nitrogens is 3. The van der Waals surface area contributed by atoms with Crippen molar-refractivity contribution in [2.45, 2.75) is 24.8 Å². The number of thioether (sulfide) groups is 1. The molecule has 0 bridgehead atoms. The minimum absolute atomic E-state index is 0.0571. The van der Waals surface area contributed by atoms with Gasteiger partial charge in [-0.3, -0.25) is 13.9 Å². The molecule has 2 aromatic carbocycles. The monoisotopic (exact) mass is 425 g/mol. The zero-order chi connectivity index (χ0) is 19.8. The van der Waals surface area contributed by atoms with Crippen LogP contribution in [0.15, 0.2) is 58.5 Å². The van der Waals surface area contributed by atoms with Crippen molar-refractivity contribution in [2.75, 3.05) is 0 Å². The predicted octanol–water partition coefficient (Wildman–Crippen LogP) is 5.42. The Hall–Kier alpha value is -2.22. The normalized spacial score (nSPS) is 11.2. The van der Waals surface area contributed by atoms with Crippen molar-refractivity contribution in [2.24, 2.45) is 7.05 Å². The smallest absolute Gasteiger partial charge is 0.273 e. The molecule has 0 aliphatic carbocycles. The minimum Gasteiger partial charge on any atom is -0.289 e. The van der Waals surface area contributed by atoms with Gasteiger partial charge < -0.3 is 0 Å². The van der Waals surface area contributed by atoms with E-state index < -0.39 is 0 Å². The molecule has 0 saturated heterocycles. The van der Waals surface area contributed by atoms with Gasteiger partial charge in [0, 0.05) is 18.5 Å². The summed E-state index contributed by atoms with van der Waals surface area (Å²) in [6.07, 6.45) is 0. The van der Waals surface area contributed by atoms with Crippen LogP contribution in [-0.4, -0.2) is 14.1 Å². The van der Waals surface area contributed by atoms with Crippen molar-refractivity contribution in [1.82, 2.24) is 14.1 Å². The summed E-state index contributed by atoms with van der Waals surface area (Å²) in [5.74, 6) is 0.751. The Morgan fingerprint density at radius 1 is 1.04 bits per heavy atom. The number of fused-ring (bicyclic) bond motifs is 1. The highest BCUT2D eigenvalue weighted by Crippen LogP contribution is 2.27. The third-order valence-electron chi connectivity index (χ3n) is 4.55. The van der Waals surface area contributed by atoms with Gasteiger partial charge in [0.05, 0.1) is 0 Å². The lowest BCUT2D eigenvalue weighted by atomic mass is 10.2. The number of nitrogens with zero attached hydrogens (tertiary/aromatic N) is 3. The highest BCUT2D eigenvalue weighted by molar-refractivity contribution is 7.98. The number of thiazole rings is 1. The molecule has 0 atom stereocenters. The lowest BCUT2D eigenvalue weighted by Gasteiger charge is -2.09. The lowest BCUT2D eigenvalue weighted by Crippen LogP contribution is -2.19. The molecule has 0 N–H and O–H groups in total. The van der Waals surface area contributed by atoms with E-state index in [2.05, 4.69) is 31.2 Å². The number of hydrogen-bond donors (Lipinski definition) is 0. The molecule has 0 fully saturated rings. The van der Waals surface area contributed by atoms with Gasteiger partial charge in [-0.15, -0.1) is 0 Å². The summed E-state index contributed by atoms with van der Waals surface area (Å²) in [5.41, 5.74) is 5.11. The fourth-order valence-corrected chi connectivity index (χ4v) is 5.16. The van der Waals surface area contributed by atoms with Crippen LogP contribution < -0.4 is 5.56 Å². The quantitative estimate of drug-likeness (QED) is 0.248. The van der Waals surface area contributed by atoms with Gasteiger partial charge in [0.15, 0.2) is 14.8 Å². The maximum Gasteiger partial charge on any atom is 0.273 e. The van der Waals surface area contributed by atoms with Gasteiger partial charge in [0.2, 0.25) is 0 Å². The number of hydrogen-bond acceptors (Lipinski definition) is 5. The Labute approximate surface area is 176 Å². The van der Waals surface area contributed by atoms with E-state index in [4.69, 9.17) is 17.2 Å². The molecule has 4 aromatic rings. The van der Waals surface area contributed by atoms with Crippen LogP contribution in [0.4, 0.5) is 0 Å². The molecule has 7 heteroatoms. The summed E-state index contributed by atoms with van der Waals surface area (Å²) in [7, 11) is 1.77. The molecule has 142 valence electrons. The second-order valence-corrected chi connectivity index (χ2v) is 9.31. The van der Waals surface area contributed by atoms with Crippen molar-refractivity contribution in [1.29, 1.82) is 0 Å². The molecule has 0 aliphatic rings. The first-order valence-electron chi connectivity index (χ1n) is 8.82. The Kier molecular flexibility index (Phi) is 5.23. The molecule has 4 nitrogen and oxygen atoms in total. The van der Waals surface area contributed by atoms with E-state index in [0.717, 1.165) is 11.4 Å². The highest BCUT2D eigenvalue weighted by Gasteiger charge is 2.16. The first-order valence-corrected chi connectivity index (χ1v) is 11.0. The molecule has 4 rings (SSSR count). The third kappa shape index (κ3) is 3.57. The average molecular weight is 426 g/mol. The second kappa shape index (κ2) is 7.66. The number of benzene rings is 2. The maximum atomic E-state index is 12.9. The highest BCUT2D eigenvalue weighted by atomic mass is 32.2. The third-order valence-corrected chi connectivity index (χ3v) is 7.01. The predicted molar refractivity (Wildman–Crippen MR) is 120 cm³/mol. The molecule has 0 aliphatic heterocycles. The first kappa shape index (κ1) is 19.1. The molecule has 0 unspecified atom stereocenters. The van der Waals surface area contributed by atoms with Crippen LogP contribution in [0.1, 0.15) is 16.7 Å². The standard InChI is InChI=1S/C21H19N3OS3/c1-13-4-8-15(9-5-13)12-27-20-22-18-17(19(25)23(20)3)28-21(26)24(18)16-10-6-14(2)7-11-16/h4-11H,12H2,1-3H3. The minimum atomic E-state index is -0.0571. The lowest BCUT2D eigenvalue weighted by molar-refractivity contribution is 0.722. The van der Waals surface area contributed by atoms with E-state index in [-0.39, 0.29) is 5.56 Å². The molecule has 2 heterocycles. The van der Waals surface area contributed by atoms with Gasteiger partial charge in [-0.25, -0.2) is 4.98 Å². The van der Waals surface area contributed by atoms with E-state index in [1.807, 2.05) is 35.8 Å². The fourth-order valence-electron chi connectivity index (χ4n) is 2.89. The summed E-state index contributed by atoms with van der Waals surface area (Å²) in [5, 5.41) is 0.687. The summed E-state index contributed by atoms with van der Waals surface area (Å²) in [6.45, 7) is 4.12. The average Bonchev–Trinajstić information content (AvgIpc) is 3.02. The van der Waals surface area contributed by atoms with E-state index >= 15 is 0 Å². The molecular formula is C21H19N3OS3. The van der Waals surface area contributed by atoms with Crippen LogP contribution in [0.2, 0.25) is 0 Å².